The molecule has 0 amide bonds. The second-order valence-corrected chi connectivity index (χ2v) is 5.26. The minimum absolute atomic E-state index is 0.505. The van der Waals surface area contributed by atoms with Gasteiger partial charge in [0.05, 0.1) is 7.11 Å². The maximum Gasteiger partial charge on any atom is 0.118 e. The van der Waals surface area contributed by atoms with Gasteiger partial charge in [0.25, 0.3) is 0 Å². The molecule has 2 aromatic rings. The van der Waals surface area contributed by atoms with Gasteiger partial charge in [-0.15, -0.1) is 0 Å². The van der Waals surface area contributed by atoms with Crippen molar-refractivity contribution in [2.45, 2.75) is 25.4 Å². The standard InChI is InChI=1S/C17H20N2O/c1-20-16-8-6-14(7-9-16)13-19-11-3-5-17(19)15-4-2-10-18-12-15/h2,4,6-10,12,17H,3,5,11,13H2,1H3. The Morgan fingerprint density at radius 2 is 2.10 bits per heavy atom. The zero-order valence-corrected chi connectivity index (χ0v) is 11.8. The van der Waals surface area contributed by atoms with Gasteiger partial charge in [0.1, 0.15) is 5.75 Å². The molecule has 0 aliphatic carbocycles. The van der Waals surface area contributed by atoms with Crippen molar-refractivity contribution in [2.75, 3.05) is 13.7 Å². The van der Waals surface area contributed by atoms with E-state index in [4.69, 9.17) is 4.74 Å². The number of likely N-dealkylation sites (tertiary alicyclic amines) is 1. The van der Waals surface area contributed by atoms with Gasteiger partial charge in [-0.05, 0) is 48.7 Å². The first-order chi connectivity index (χ1) is 9.86. The smallest absolute Gasteiger partial charge is 0.118 e. The first-order valence-electron chi connectivity index (χ1n) is 7.14. The van der Waals surface area contributed by atoms with E-state index >= 15 is 0 Å². The molecule has 0 bridgehead atoms. The van der Waals surface area contributed by atoms with Crippen LogP contribution in [0.2, 0.25) is 0 Å². The summed E-state index contributed by atoms with van der Waals surface area (Å²) in [4.78, 5) is 6.79. The molecular weight excluding hydrogens is 248 g/mol. The Morgan fingerprint density at radius 3 is 2.80 bits per heavy atom. The van der Waals surface area contributed by atoms with E-state index in [-0.39, 0.29) is 0 Å². The Bertz CT molecular complexity index is 539. The predicted molar refractivity (Wildman–Crippen MR) is 79.6 cm³/mol. The van der Waals surface area contributed by atoms with E-state index in [1.807, 2.05) is 30.6 Å². The van der Waals surface area contributed by atoms with Gasteiger partial charge in [0.15, 0.2) is 0 Å². The van der Waals surface area contributed by atoms with Crippen molar-refractivity contribution in [1.29, 1.82) is 0 Å². The molecule has 0 spiro atoms. The van der Waals surface area contributed by atoms with Gasteiger partial charge in [-0.2, -0.15) is 0 Å². The first kappa shape index (κ1) is 13.1. The third kappa shape index (κ3) is 2.83. The Kier molecular flexibility index (Phi) is 3.97. The summed E-state index contributed by atoms with van der Waals surface area (Å²) in [5.41, 5.74) is 2.67. The largest absolute Gasteiger partial charge is 0.497 e. The number of ether oxygens (including phenoxy) is 1. The zero-order chi connectivity index (χ0) is 13.8. The van der Waals surface area contributed by atoms with Crippen molar-refractivity contribution >= 4 is 0 Å². The molecule has 1 saturated heterocycles. The number of nitrogens with zero attached hydrogens (tertiary/aromatic N) is 2. The van der Waals surface area contributed by atoms with Crippen molar-refractivity contribution in [2.24, 2.45) is 0 Å². The van der Waals surface area contributed by atoms with Crippen molar-refractivity contribution in [1.82, 2.24) is 9.88 Å². The lowest BCUT2D eigenvalue weighted by atomic mass is 10.1. The lowest BCUT2D eigenvalue weighted by Crippen LogP contribution is -2.22. The highest BCUT2D eigenvalue weighted by Crippen LogP contribution is 2.32. The summed E-state index contributed by atoms with van der Waals surface area (Å²) in [6.45, 7) is 2.15. The van der Waals surface area contributed by atoms with Crippen LogP contribution in [0.3, 0.4) is 0 Å². The second kappa shape index (κ2) is 6.06. The van der Waals surface area contributed by atoms with Crippen molar-refractivity contribution in [3.8, 4) is 5.75 Å². The highest BCUT2D eigenvalue weighted by molar-refractivity contribution is 5.27. The molecule has 1 aromatic heterocycles. The van der Waals surface area contributed by atoms with E-state index < -0.39 is 0 Å². The van der Waals surface area contributed by atoms with Crippen LogP contribution in [0.15, 0.2) is 48.8 Å². The topological polar surface area (TPSA) is 25.4 Å². The Balaban J connectivity index is 1.72. The predicted octanol–water partition coefficient (Wildman–Crippen LogP) is 3.43. The summed E-state index contributed by atoms with van der Waals surface area (Å²) < 4.78 is 5.21. The fraction of sp³-hybridized carbons (Fsp3) is 0.353. The van der Waals surface area contributed by atoms with Crippen LogP contribution in [0.4, 0.5) is 0 Å². The van der Waals surface area contributed by atoms with E-state index in [0.717, 1.165) is 18.8 Å². The molecule has 1 unspecified atom stereocenters. The average molecular weight is 268 g/mol. The van der Waals surface area contributed by atoms with Crippen LogP contribution < -0.4 is 4.74 Å². The summed E-state index contributed by atoms with van der Waals surface area (Å²) in [5.74, 6) is 0.916. The Labute approximate surface area is 120 Å². The van der Waals surface area contributed by atoms with Gasteiger partial charge >= 0.3 is 0 Å². The highest BCUT2D eigenvalue weighted by atomic mass is 16.5. The molecule has 3 nitrogen and oxygen atoms in total. The normalized spacial score (nSPS) is 19.1. The Hall–Kier alpha value is -1.87. The molecule has 104 valence electrons. The minimum Gasteiger partial charge on any atom is -0.497 e. The van der Waals surface area contributed by atoms with Crippen molar-refractivity contribution in [3.63, 3.8) is 0 Å². The van der Waals surface area contributed by atoms with Gasteiger partial charge in [-0.1, -0.05) is 18.2 Å². The lowest BCUT2D eigenvalue weighted by molar-refractivity contribution is 0.248. The summed E-state index contributed by atoms with van der Waals surface area (Å²) in [6, 6.07) is 13.1. The third-order valence-electron chi connectivity index (χ3n) is 3.98. The number of aromatic nitrogens is 1. The number of hydrogen-bond donors (Lipinski definition) is 0. The van der Waals surface area contributed by atoms with Crippen molar-refractivity contribution in [3.05, 3.63) is 59.9 Å². The fourth-order valence-electron chi connectivity index (χ4n) is 2.93. The van der Waals surface area contributed by atoms with E-state index in [2.05, 4.69) is 28.1 Å². The molecule has 2 heterocycles. The second-order valence-electron chi connectivity index (χ2n) is 5.26. The molecule has 1 atom stereocenters. The molecule has 1 aromatic carbocycles. The minimum atomic E-state index is 0.505. The third-order valence-corrected chi connectivity index (χ3v) is 3.98. The van der Waals surface area contributed by atoms with Crippen LogP contribution in [-0.2, 0) is 6.54 Å². The Morgan fingerprint density at radius 1 is 1.25 bits per heavy atom. The average Bonchev–Trinajstić information content (AvgIpc) is 2.97. The quantitative estimate of drug-likeness (QED) is 0.849. The van der Waals surface area contributed by atoms with E-state index in [9.17, 15) is 0 Å². The van der Waals surface area contributed by atoms with Crippen LogP contribution >= 0.6 is 0 Å². The van der Waals surface area contributed by atoms with Gasteiger partial charge < -0.3 is 4.74 Å². The van der Waals surface area contributed by atoms with E-state index in [1.54, 1.807) is 7.11 Å². The number of pyridine rings is 1. The lowest BCUT2D eigenvalue weighted by Gasteiger charge is -2.24. The summed E-state index contributed by atoms with van der Waals surface area (Å²) >= 11 is 0. The molecule has 20 heavy (non-hydrogen) atoms. The van der Waals surface area contributed by atoms with E-state index in [1.165, 1.54) is 24.0 Å². The van der Waals surface area contributed by atoms with Crippen LogP contribution in [0.5, 0.6) is 5.75 Å². The van der Waals surface area contributed by atoms with Gasteiger partial charge in [0, 0.05) is 25.0 Å². The molecular formula is C17H20N2O. The number of rotatable bonds is 4. The molecule has 3 rings (SSSR count). The molecule has 0 saturated carbocycles. The van der Waals surface area contributed by atoms with Crippen LogP contribution in [-0.4, -0.2) is 23.5 Å². The van der Waals surface area contributed by atoms with Crippen LogP contribution in [0.25, 0.3) is 0 Å². The maximum atomic E-state index is 5.21. The van der Waals surface area contributed by atoms with Crippen LogP contribution in [0.1, 0.15) is 30.0 Å². The van der Waals surface area contributed by atoms with Gasteiger partial charge in [-0.3, -0.25) is 9.88 Å². The number of hydrogen-bond acceptors (Lipinski definition) is 3. The fourth-order valence-corrected chi connectivity index (χ4v) is 2.93. The molecule has 1 aliphatic rings. The molecule has 1 fully saturated rings. The first-order valence-corrected chi connectivity index (χ1v) is 7.14. The summed E-state index contributed by atoms with van der Waals surface area (Å²) in [6.07, 6.45) is 6.32. The molecule has 3 heteroatoms. The highest BCUT2D eigenvalue weighted by Gasteiger charge is 2.25. The maximum absolute atomic E-state index is 5.21. The zero-order valence-electron chi connectivity index (χ0n) is 11.8. The number of benzene rings is 1. The van der Waals surface area contributed by atoms with E-state index in [0.29, 0.717) is 6.04 Å². The van der Waals surface area contributed by atoms with Crippen LogP contribution in [0, 0.1) is 0 Å². The van der Waals surface area contributed by atoms with Crippen molar-refractivity contribution < 1.29 is 4.74 Å². The number of methoxy groups -OCH3 is 1. The van der Waals surface area contributed by atoms with Gasteiger partial charge in [-0.25, -0.2) is 0 Å². The van der Waals surface area contributed by atoms with Gasteiger partial charge in [0.2, 0.25) is 0 Å². The summed E-state index contributed by atoms with van der Waals surface area (Å²) in [7, 11) is 1.70. The molecule has 0 radical (unpaired) electrons. The molecule has 0 N–H and O–H groups in total. The summed E-state index contributed by atoms with van der Waals surface area (Å²) in [5, 5.41) is 0. The monoisotopic (exact) mass is 268 g/mol. The SMILES string of the molecule is COc1ccc(CN2CCCC2c2cccnc2)cc1. The molecule has 1 aliphatic heterocycles.